The first kappa shape index (κ1) is 12.3. The summed E-state index contributed by atoms with van der Waals surface area (Å²) in [7, 11) is 1.60. The van der Waals surface area contributed by atoms with Crippen molar-refractivity contribution in [1.29, 1.82) is 0 Å². The largest absolute Gasteiger partial charge is 0.497 e. The van der Waals surface area contributed by atoms with Gasteiger partial charge in [-0.1, -0.05) is 12.1 Å². The number of benzene rings is 1. The maximum Gasteiger partial charge on any atom is 0.315 e. The summed E-state index contributed by atoms with van der Waals surface area (Å²) in [5, 5.41) is 13.7. The van der Waals surface area contributed by atoms with Crippen LogP contribution in [0.25, 0.3) is 0 Å². The lowest BCUT2D eigenvalue weighted by molar-refractivity contribution is 0.234. The molecular weight excluding hydrogens is 208 g/mol. The first-order valence-electron chi connectivity index (χ1n) is 5.01. The lowest BCUT2D eigenvalue weighted by Crippen LogP contribution is -2.36. The van der Waals surface area contributed by atoms with Gasteiger partial charge < -0.3 is 20.5 Å². The van der Waals surface area contributed by atoms with Crippen molar-refractivity contribution in [1.82, 2.24) is 10.6 Å². The Bertz CT molecular complexity index is 342. The highest BCUT2D eigenvalue weighted by molar-refractivity contribution is 5.73. The number of methoxy groups -OCH3 is 1. The van der Waals surface area contributed by atoms with Gasteiger partial charge in [-0.25, -0.2) is 4.79 Å². The molecule has 1 aromatic rings. The minimum Gasteiger partial charge on any atom is -0.497 e. The minimum atomic E-state index is -0.295. The van der Waals surface area contributed by atoms with Crippen molar-refractivity contribution in [2.45, 2.75) is 6.54 Å². The van der Waals surface area contributed by atoms with Gasteiger partial charge in [-0.3, -0.25) is 0 Å². The molecule has 3 N–H and O–H groups in total. The summed E-state index contributed by atoms with van der Waals surface area (Å²) in [4.78, 5) is 11.2. The van der Waals surface area contributed by atoms with Gasteiger partial charge in [0.2, 0.25) is 0 Å². The Kier molecular flexibility index (Phi) is 5.15. The third-order valence-corrected chi connectivity index (χ3v) is 1.98. The molecule has 0 unspecified atom stereocenters. The van der Waals surface area contributed by atoms with Gasteiger partial charge in [-0.2, -0.15) is 0 Å². The van der Waals surface area contributed by atoms with Gasteiger partial charge >= 0.3 is 6.03 Å². The van der Waals surface area contributed by atoms with Crippen molar-refractivity contribution in [3.63, 3.8) is 0 Å². The molecular formula is C11H16N2O3. The first-order valence-corrected chi connectivity index (χ1v) is 5.01. The molecule has 0 aliphatic rings. The molecule has 1 rings (SSSR count). The Labute approximate surface area is 94.4 Å². The van der Waals surface area contributed by atoms with Gasteiger partial charge in [0.1, 0.15) is 5.75 Å². The predicted molar refractivity (Wildman–Crippen MR) is 60.3 cm³/mol. The summed E-state index contributed by atoms with van der Waals surface area (Å²) in [6.45, 7) is 0.616. The molecule has 0 bridgehead atoms. The fraction of sp³-hybridized carbons (Fsp3) is 0.364. The molecule has 0 fully saturated rings. The highest BCUT2D eigenvalue weighted by Gasteiger charge is 2.00. The van der Waals surface area contributed by atoms with Crippen molar-refractivity contribution in [2.24, 2.45) is 0 Å². The molecule has 5 heteroatoms. The minimum absolute atomic E-state index is 0.0629. The Balaban J connectivity index is 2.38. The van der Waals surface area contributed by atoms with E-state index in [0.29, 0.717) is 6.54 Å². The highest BCUT2D eigenvalue weighted by Crippen LogP contribution is 2.11. The number of carbonyl (C=O) groups is 1. The number of aliphatic hydroxyl groups excluding tert-OH is 1. The van der Waals surface area contributed by atoms with E-state index >= 15 is 0 Å². The van der Waals surface area contributed by atoms with Gasteiger partial charge in [0.15, 0.2) is 0 Å². The van der Waals surface area contributed by atoms with Crippen LogP contribution in [0.1, 0.15) is 5.56 Å². The summed E-state index contributed by atoms with van der Waals surface area (Å²) in [5.74, 6) is 0.759. The van der Waals surface area contributed by atoms with E-state index in [4.69, 9.17) is 9.84 Å². The fourth-order valence-electron chi connectivity index (χ4n) is 1.20. The molecule has 16 heavy (non-hydrogen) atoms. The normalized spacial score (nSPS) is 9.62. The van der Waals surface area contributed by atoms with Crippen molar-refractivity contribution >= 4 is 6.03 Å². The zero-order valence-electron chi connectivity index (χ0n) is 9.19. The predicted octanol–water partition coefficient (Wildman–Crippen LogP) is 0.487. The SMILES string of the molecule is COc1cccc(CNC(=O)NCCO)c1. The summed E-state index contributed by atoms with van der Waals surface area (Å²) in [6, 6.07) is 7.16. The number of hydrogen-bond donors (Lipinski definition) is 3. The second kappa shape index (κ2) is 6.68. The molecule has 2 amide bonds. The van der Waals surface area contributed by atoms with Crippen LogP contribution in [0.5, 0.6) is 5.75 Å². The fourth-order valence-corrected chi connectivity index (χ4v) is 1.20. The zero-order chi connectivity index (χ0) is 11.8. The third-order valence-electron chi connectivity index (χ3n) is 1.98. The number of ether oxygens (including phenoxy) is 1. The molecule has 0 aliphatic carbocycles. The van der Waals surface area contributed by atoms with Gasteiger partial charge in [-0.05, 0) is 17.7 Å². The van der Waals surface area contributed by atoms with E-state index in [9.17, 15) is 4.79 Å². The monoisotopic (exact) mass is 224 g/mol. The molecule has 1 aromatic carbocycles. The lowest BCUT2D eigenvalue weighted by Gasteiger charge is -2.07. The Morgan fingerprint density at radius 3 is 2.94 bits per heavy atom. The maximum absolute atomic E-state index is 11.2. The van der Waals surface area contributed by atoms with Crippen LogP contribution in [0.15, 0.2) is 24.3 Å². The molecule has 0 saturated heterocycles. The molecule has 0 spiro atoms. The number of rotatable bonds is 5. The molecule has 5 nitrogen and oxygen atoms in total. The van der Waals surface area contributed by atoms with Gasteiger partial charge in [-0.15, -0.1) is 0 Å². The van der Waals surface area contributed by atoms with Crippen LogP contribution in [-0.4, -0.2) is 31.4 Å². The average molecular weight is 224 g/mol. The quantitative estimate of drug-likeness (QED) is 0.681. The molecule has 0 radical (unpaired) electrons. The van der Waals surface area contributed by atoms with Crippen LogP contribution in [0.2, 0.25) is 0 Å². The van der Waals surface area contributed by atoms with Crippen molar-refractivity contribution in [2.75, 3.05) is 20.3 Å². The van der Waals surface area contributed by atoms with Crippen LogP contribution in [0.4, 0.5) is 4.79 Å². The second-order valence-electron chi connectivity index (χ2n) is 3.18. The summed E-state index contributed by atoms with van der Waals surface area (Å²) in [5.41, 5.74) is 0.957. The Hall–Kier alpha value is -1.75. The summed E-state index contributed by atoms with van der Waals surface area (Å²) >= 11 is 0. The topological polar surface area (TPSA) is 70.6 Å². The smallest absolute Gasteiger partial charge is 0.315 e. The van der Waals surface area contributed by atoms with Crippen LogP contribution in [-0.2, 0) is 6.54 Å². The van der Waals surface area contributed by atoms with Crippen LogP contribution >= 0.6 is 0 Å². The first-order chi connectivity index (χ1) is 7.76. The molecule has 0 aromatic heterocycles. The number of aliphatic hydroxyl groups is 1. The van der Waals surface area contributed by atoms with E-state index in [1.54, 1.807) is 7.11 Å². The number of urea groups is 1. The van der Waals surface area contributed by atoms with Crippen LogP contribution < -0.4 is 15.4 Å². The molecule has 0 aliphatic heterocycles. The molecule has 0 atom stereocenters. The van der Waals surface area contributed by atoms with Gasteiger partial charge in [0, 0.05) is 13.1 Å². The average Bonchev–Trinajstić information content (AvgIpc) is 2.34. The number of amides is 2. The van der Waals surface area contributed by atoms with Crippen molar-refractivity contribution in [3.8, 4) is 5.75 Å². The number of nitrogens with one attached hydrogen (secondary N) is 2. The van der Waals surface area contributed by atoms with Gasteiger partial charge in [0.05, 0.1) is 13.7 Å². The van der Waals surface area contributed by atoms with E-state index in [0.717, 1.165) is 11.3 Å². The molecule has 0 saturated carbocycles. The van der Waals surface area contributed by atoms with Gasteiger partial charge in [0.25, 0.3) is 0 Å². The van der Waals surface area contributed by atoms with E-state index < -0.39 is 0 Å². The van der Waals surface area contributed by atoms with Crippen LogP contribution in [0, 0.1) is 0 Å². The van der Waals surface area contributed by atoms with E-state index in [-0.39, 0.29) is 19.2 Å². The second-order valence-corrected chi connectivity index (χ2v) is 3.18. The van der Waals surface area contributed by atoms with Crippen molar-refractivity contribution in [3.05, 3.63) is 29.8 Å². The Morgan fingerprint density at radius 1 is 1.44 bits per heavy atom. The third kappa shape index (κ3) is 4.18. The van der Waals surface area contributed by atoms with E-state index in [1.165, 1.54) is 0 Å². The molecule has 0 heterocycles. The van der Waals surface area contributed by atoms with Crippen LogP contribution in [0.3, 0.4) is 0 Å². The standard InChI is InChI=1S/C11H16N2O3/c1-16-10-4-2-3-9(7-10)8-13-11(15)12-5-6-14/h2-4,7,14H,5-6,8H2,1H3,(H2,12,13,15). The summed E-state index contributed by atoms with van der Waals surface area (Å²) < 4.78 is 5.07. The number of carbonyl (C=O) groups excluding carboxylic acids is 1. The lowest BCUT2D eigenvalue weighted by atomic mass is 10.2. The highest BCUT2D eigenvalue weighted by atomic mass is 16.5. The maximum atomic E-state index is 11.2. The van der Waals surface area contributed by atoms with E-state index in [2.05, 4.69) is 10.6 Å². The van der Waals surface area contributed by atoms with Crippen molar-refractivity contribution < 1.29 is 14.6 Å². The number of hydrogen-bond acceptors (Lipinski definition) is 3. The zero-order valence-corrected chi connectivity index (χ0v) is 9.19. The van der Waals surface area contributed by atoms with E-state index in [1.807, 2.05) is 24.3 Å². The summed E-state index contributed by atoms with van der Waals surface area (Å²) in [6.07, 6.45) is 0. The molecule has 88 valence electrons. The Morgan fingerprint density at radius 2 is 2.25 bits per heavy atom.